The SMILES string of the molecule is N#Cc1nc(-n2c3cc4c(cc3c3c5c6ccccc6n6c7ccccc7c(cc32)c56)C=CCC4)nc2cccnc12. The molecule has 0 atom stereocenters. The first kappa shape index (κ1) is 22.0. The van der Waals surface area contributed by atoms with Crippen LogP contribution in [0.15, 0.2) is 91.1 Å². The van der Waals surface area contributed by atoms with Crippen LogP contribution in [-0.4, -0.2) is 23.9 Å². The van der Waals surface area contributed by atoms with Crippen LogP contribution in [0.3, 0.4) is 0 Å². The van der Waals surface area contributed by atoms with Gasteiger partial charge in [-0.3, -0.25) is 9.55 Å². The van der Waals surface area contributed by atoms with Gasteiger partial charge in [-0.1, -0.05) is 48.6 Å². The fourth-order valence-corrected chi connectivity index (χ4v) is 7.29. The van der Waals surface area contributed by atoms with Gasteiger partial charge in [0.2, 0.25) is 5.95 Å². The summed E-state index contributed by atoms with van der Waals surface area (Å²) >= 11 is 0. The number of benzene rings is 4. The van der Waals surface area contributed by atoms with Gasteiger partial charge < -0.3 is 4.40 Å². The zero-order chi connectivity index (χ0) is 27.5. The van der Waals surface area contributed by atoms with Crippen molar-refractivity contribution < 1.29 is 0 Å². The zero-order valence-corrected chi connectivity index (χ0v) is 22.3. The molecule has 194 valence electrons. The highest BCUT2D eigenvalue weighted by Gasteiger charge is 2.26. The highest BCUT2D eigenvalue weighted by atomic mass is 15.2. The largest absolute Gasteiger partial charge is 0.308 e. The molecule has 0 radical (unpaired) electrons. The maximum atomic E-state index is 10.1. The number of aryl methyl sites for hydroxylation is 1. The van der Waals surface area contributed by atoms with Gasteiger partial charge in [0.1, 0.15) is 11.6 Å². The lowest BCUT2D eigenvalue weighted by Crippen LogP contribution is -2.05. The Morgan fingerprint density at radius 1 is 0.738 bits per heavy atom. The van der Waals surface area contributed by atoms with Crippen molar-refractivity contribution in [1.82, 2.24) is 23.9 Å². The third kappa shape index (κ3) is 2.61. The Morgan fingerprint density at radius 3 is 2.45 bits per heavy atom. The molecular weight excluding hydrogens is 516 g/mol. The second-order valence-corrected chi connectivity index (χ2v) is 11.1. The molecule has 1 aliphatic carbocycles. The molecule has 5 aromatic heterocycles. The number of aromatic nitrogens is 5. The second-order valence-electron chi connectivity index (χ2n) is 11.1. The van der Waals surface area contributed by atoms with Crippen molar-refractivity contribution in [3.05, 3.63) is 108 Å². The highest BCUT2D eigenvalue weighted by molar-refractivity contribution is 6.35. The summed E-state index contributed by atoms with van der Waals surface area (Å²) in [6, 6.07) is 30.3. The molecule has 1 aliphatic rings. The minimum Gasteiger partial charge on any atom is -0.308 e. The fourth-order valence-electron chi connectivity index (χ4n) is 7.29. The first-order valence-corrected chi connectivity index (χ1v) is 14.2. The van der Waals surface area contributed by atoms with E-state index in [4.69, 9.17) is 9.97 Å². The summed E-state index contributed by atoms with van der Waals surface area (Å²) in [4.78, 5) is 14.2. The molecule has 9 aromatic rings. The Balaban J connectivity index is 1.50. The lowest BCUT2D eigenvalue weighted by molar-refractivity contribution is 0.976. The van der Waals surface area contributed by atoms with Crippen LogP contribution in [0, 0.1) is 11.3 Å². The van der Waals surface area contributed by atoms with Crippen molar-refractivity contribution in [2.45, 2.75) is 12.8 Å². The van der Waals surface area contributed by atoms with Gasteiger partial charge >= 0.3 is 0 Å². The molecule has 0 aliphatic heterocycles. The van der Waals surface area contributed by atoms with Crippen LogP contribution in [0.1, 0.15) is 23.2 Å². The summed E-state index contributed by atoms with van der Waals surface area (Å²) in [5.41, 5.74) is 9.74. The number of nitriles is 1. The van der Waals surface area contributed by atoms with Crippen molar-refractivity contribution in [3.8, 4) is 12.0 Å². The van der Waals surface area contributed by atoms with E-state index in [1.54, 1.807) is 6.20 Å². The summed E-state index contributed by atoms with van der Waals surface area (Å²) < 4.78 is 4.59. The maximum absolute atomic E-state index is 10.1. The summed E-state index contributed by atoms with van der Waals surface area (Å²) in [5.74, 6) is 0.486. The molecule has 0 spiro atoms. The van der Waals surface area contributed by atoms with Crippen molar-refractivity contribution >= 4 is 77.0 Å². The van der Waals surface area contributed by atoms with Crippen LogP contribution >= 0.6 is 0 Å². The number of hydrogen-bond acceptors (Lipinski definition) is 4. The smallest absolute Gasteiger partial charge is 0.236 e. The Hall–Kier alpha value is -5.80. The summed E-state index contributed by atoms with van der Waals surface area (Å²) in [5, 5.41) is 17.3. The maximum Gasteiger partial charge on any atom is 0.236 e. The third-order valence-corrected chi connectivity index (χ3v) is 8.99. The zero-order valence-electron chi connectivity index (χ0n) is 22.3. The van der Waals surface area contributed by atoms with Gasteiger partial charge in [-0.2, -0.15) is 10.2 Å². The van der Waals surface area contributed by atoms with E-state index in [0.717, 1.165) is 29.3 Å². The molecule has 0 saturated carbocycles. The van der Waals surface area contributed by atoms with Crippen LogP contribution in [-0.2, 0) is 6.42 Å². The molecule has 0 amide bonds. The van der Waals surface area contributed by atoms with Gasteiger partial charge in [-0.05, 0) is 66.4 Å². The van der Waals surface area contributed by atoms with Crippen molar-refractivity contribution in [2.75, 3.05) is 0 Å². The number of fused-ring (bicyclic) bond motifs is 12. The quantitative estimate of drug-likeness (QED) is 0.212. The molecule has 10 rings (SSSR count). The van der Waals surface area contributed by atoms with E-state index < -0.39 is 0 Å². The first-order valence-electron chi connectivity index (χ1n) is 14.2. The number of hydrogen-bond donors (Lipinski definition) is 0. The van der Waals surface area contributed by atoms with E-state index in [9.17, 15) is 5.26 Å². The monoisotopic (exact) mass is 536 g/mol. The van der Waals surface area contributed by atoms with Crippen LogP contribution in [0.5, 0.6) is 0 Å². The minimum absolute atomic E-state index is 0.277. The third-order valence-electron chi connectivity index (χ3n) is 8.99. The molecule has 4 aromatic carbocycles. The highest BCUT2D eigenvalue weighted by Crippen LogP contribution is 2.47. The lowest BCUT2D eigenvalue weighted by atomic mass is 9.94. The number of allylic oxidation sites excluding steroid dienone is 1. The molecule has 0 N–H and O–H groups in total. The summed E-state index contributed by atoms with van der Waals surface area (Å²) in [6.07, 6.45) is 8.20. The predicted octanol–water partition coefficient (Wildman–Crippen LogP) is 8.10. The van der Waals surface area contributed by atoms with Crippen molar-refractivity contribution in [3.63, 3.8) is 0 Å². The molecule has 42 heavy (non-hydrogen) atoms. The van der Waals surface area contributed by atoms with Crippen molar-refractivity contribution in [1.29, 1.82) is 5.26 Å². The average molecular weight is 537 g/mol. The normalized spacial score (nSPS) is 13.4. The summed E-state index contributed by atoms with van der Waals surface area (Å²) in [6.45, 7) is 0. The van der Waals surface area contributed by atoms with Crippen LogP contribution < -0.4 is 0 Å². The second kappa shape index (κ2) is 7.68. The van der Waals surface area contributed by atoms with Gasteiger partial charge in [-0.15, -0.1) is 0 Å². The van der Waals surface area contributed by atoms with Crippen LogP contribution in [0.25, 0.3) is 83.0 Å². The Kier molecular flexibility index (Phi) is 4.02. The molecule has 5 heterocycles. The molecule has 6 heteroatoms. The van der Waals surface area contributed by atoms with Crippen LogP contribution in [0.2, 0.25) is 0 Å². The molecule has 0 saturated heterocycles. The number of rotatable bonds is 1. The molecule has 0 fully saturated rings. The topological polar surface area (TPSA) is 71.8 Å². The van der Waals surface area contributed by atoms with E-state index in [2.05, 4.69) is 98.9 Å². The Bertz CT molecular complexity index is 2700. The number of para-hydroxylation sites is 2. The molecular formula is C36H20N6. The lowest BCUT2D eigenvalue weighted by Gasteiger charge is -2.12. The fraction of sp³-hybridized carbons (Fsp3) is 0.0556. The molecule has 0 unspecified atom stereocenters. The molecule has 0 bridgehead atoms. The Labute approximate surface area is 238 Å². The van der Waals surface area contributed by atoms with Crippen molar-refractivity contribution in [2.24, 2.45) is 0 Å². The standard InChI is InChI=1S/C36H20N6/c37-19-27-34-26(12-7-15-38-34)39-36(40-27)42-30-17-21-9-2-1-8-20(21)16-25(30)32-31(42)18-24-22-10-3-5-13-28(22)41-29-14-6-4-11-23(29)33(32)35(24)41/h1,3-8,10-18H,2,9H2. The first-order chi connectivity index (χ1) is 20.8. The summed E-state index contributed by atoms with van der Waals surface area (Å²) in [7, 11) is 0. The van der Waals surface area contributed by atoms with Gasteiger partial charge in [0.25, 0.3) is 0 Å². The van der Waals surface area contributed by atoms with E-state index in [1.165, 1.54) is 54.6 Å². The Morgan fingerprint density at radius 2 is 1.57 bits per heavy atom. The van der Waals surface area contributed by atoms with Gasteiger partial charge in [-0.25, -0.2) is 4.98 Å². The number of pyridine rings is 1. The number of nitrogens with zero attached hydrogens (tertiary/aromatic N) is 6. The predicted molar refractivity (Wildman–Crippen MR) is 168 cm³/mol. The van der Waals surface area contributed by atoms with Gasteiger partial charge in [0.15, 0.2) is 5.69 Å². The van der Waals surface area contributed by atoms with E-state index in [1.807, 2.05) is 12.1 Å². The van der Waals surface area contributed by atoms with E-state index in [-0.39, 0.29) is 5.69 Å². The van der Waals surface area contributed by atoms with Gasteiger partial charge in [0, 0.05) is 38.5 Å². The minimum atomic E-state index is 0.277. The van der Waals surface area contributed by atoms with E-state index >= 15 is 0 Å². The van der Waals surface area contributed by atoms with E-state index in [0.29, 0.717) is 17.0 Å². The average Bonchev–Trinajstić information content (AvgIpc) is 3.67. The van der Waals surface area contributed by atoms with Gasteiger partial charge in [0.05, 0.1) is 33.1 Å². The molecule has 6 nitrogen and oxygen atoms in total. The van der Waals surface area contributed by atoms with Crippen LogP contribution in [0.4, 0.5) is 0 Å².